The van der Waals surface area contributed by atoms with Gasteiger partial charge in [-0.25, -0.2) is 0 Å². The molecule has 1 N–H and O–H groups in total. The quantitative estimate of drug-likeness (QED) is 0.685. The standard InChI is InChI=1S/C10H13O/c1-8(2)10(11)9-6-4-3-5-7-9/h3-8,11H,1-2H3. The van der Waals surface area contributed by atoms with Gasteiger partial charge in [-0.1, -0.05) is 44.2 Å². The molecule has 1 heteroatoms. The second-order valence-corrected chi connectivity index (χ2v) is 2.91. The number of benzene rings is 1. The maximum Gasteiger partial charge on any atom is 0.125 e. The molecule has 1 radical (unpaired) electrons. The zero-order valence-corrected chi connectivity index (χ0v) is 6.91. The molecule has 0 atom stereocenters. The molecule has 1 rings (SSSR count). The summed E-state index contributed by atoms with van der Waals surface area (Å²) in [5.74, 6) is 0.206. The van der Waals surface area contributed by atoms with Crippen LogP contribution < -0.4 is 0 Å². The summed E-state index contributed by atoms with van der Waals surface area (Å²) in [7, 11) is 0. The summed E-state index contributed by atoms with van der Waals surface area (Å²) in [5.41, 5.74) is 0.919. The molecule has 0 saturated carbocycles. The van der Waals surface area contributed by atoms with Gasteiger partial charge in [-0.15, -0.1) is 0 Å². The third-order valence-electron chi connectivity index (χ3n) is 1.62. The van der Waals surface area contributed by atoms with E-state index in [9.17, 15) is 5.11 Å². The van der Waals surface area contributed by atoms with Crippen LogP contribution in [0.5, 0.6) is 0 Å². The molecule has 1 aromatic rings. The van der Waals surface area contributed by atoms with Crippen LogP contribution in [0.2, 0.25) is 0 Å². The van der Waals surface area contributed by atoms with Gasteiger partial charge >= 0.3 is 0 Å². The van der Waals surface area contributed by atoms with Crippen LogP contribution in [0.4, 0.5) is 0 Å². The molecular formula is C10H13O. The highest BCUT2D eigenvalue weighted by Gasteiger charge is 2.11. The van der Waals surface area contributed by atoms with E-state index in [0.29, 0.717) is 6.10 Å². The highest BCUT2D eigenvalue weighted by Crippen LogP contribution is 2.18. The van der Waals surface area contributed by atoms with Crippen molar-refractivity contribution in [2.24, 2.45) is 5.92 Å². The van der Waals surface area contributed by atoms with Crippen molar-refractivity contribution in [3.63, 3.8) is 0 Å². The number of hydrogen-bond acceptors (Lipinski definition) is 1. The average Bonchev–Trinajstić information content (AvgIpc) is 2.05. The lowest BCUT2D eigenvalue weighted by Crippen LogP contribution is -2.05. The van der Waals surface area contributed by atoms with E-state index < -0.39 is 0 Å². The van der Waals surface area contributed by atoms with Crippen molar-refractivity contribution < 1.29 is 5.11 Å². The Morgan fingerprint density at radius 3 is 2.18 bits per heavy atom. The minimum Gasteiger partial charge on any atom is -0.381 e. The first-order chi connectivity index (χ1) is 5.22. The molecule has 0 bridgehead atoms. The Balaban J connectivity index is 2.77. The van der Waals surface area contributed by atoms with Gasteiger partial charge in [0, 0.05) is 0 Å². The molecule has 0 aliphatic rings. The Hall–Kier alpha value is -0.820. The van der Waals surface area contributed by atoms with E-state index in [0.717, 1.165) is 5.56 Å². The Labute approximate surface area is 67.7 Å². The van der Waals surface area contributed by atoms with Gasteiger partial charge in [-0.3, -0.25) is 0 Å². The van der Waals surface area contributed by atoms with Crippen LogP contribution in [0.3, 0.4) is 0 Å². The summed E-state index contributed by atoms with van der Waals surface area (Å²) < 4.78 is 0. The van der Waals surface area contributed by atoms with Gasteiger partial charge in [0.1, 0.15) is 6.10 Å². The smallest absolute Gasteiger partial charge is 0.125 e. The minimum absolute atomic E-state index is 0.206. The number of aliphatic hydroxyl groups excluding tert-OH is 1. The molecule has 1 aromatic carbocycles. The number of aliphatic hydroxyl groups is 1. The summed E-state index contributed by atoms with van der Waals surface area (Å²) >= 11 is 0. The monoisotopic (exact) mass is 149 g/mol. The van der Waals surface area contributed by atoms with E-state index in [4.69, 9.17) is 0 Å². The summed E-state index contributed by atoms with van der Waals surface area (Å²) in [6, 6.07) is 9.61. The molecule has 59 valence electrons. The Bertz CT molecular complexity index is 203. The van der Waals surface area contributed by atoms with Crippen LogP contribution in [0.15, 0.2) is 30.3 Å². The third-order valence-corrected chi connectivity index (χ3v) is 1.62. The third kappa shape index (κ3) is 2.05. The van der Waals surface area contributed by atoms with Crippen molar-refractivity contribution in [2.75, 3.05) is 0 Å². The molecule has 0 heterocycles. The molecule has 0 amide bonds. The Morgan fingerprint density at radius 1 is 1.18 bits per heavy atom. The maximum absolute atomic E-state index is 9.51. The topological polar surface area (TPSA) is 20.2 Å². The van der Waals surface area contributed by atoms with E-state index in [-0.39, 0.29) is 5.92 Å². The zero-order chi connectivity index (χ0) is 8.27. The summed E-state index contributed by atoms with van der Waals surface area (Å²) in [6.45, 7) is 3.95. The van der Waals surface area contributed by atoms with Crippen LogP contribution >= 0.6 is 0 Å². The minimum atomic E-state index is 0.206. The molecule has 0 aromatic heterocycles. The molecule has 0 aliphatic carbocycles. The van der Waals surface area contributed by atoms with Crippen LogP contribution in [0, 0.1) is 12.0 Å². The van der Waals surface area contributed by atoms with Crippen LogP contribution in [-0.2, 0) is 0 Å². The second-order valence-electron chi connectivity index (χ2n) is 2.91. The predicted molar refractivity (Wildman–Crippen MR) is 45.6 cm³/mol. The molecule has 0 unspecified atom stereocenters. The lowest BCUT2D eigenvalue weighted by atomic mass is 10.00. The predicted octanol–water partition coefficient (Wildman–Crippen LogP) is 2.60. The SMILES string of the molecule is CC(C)[C](O)c1ccccc1. The van der Waals surface area contributed by atoms with Gasteiger partial charge in [0.25, 0.3) is 0 Å². The van der Waals surface area contributed by atoms with E-state index in [1.54, 1.807) is 0 Å². The molecule has 11 heavy (non-hydrogen) atoms. The van der Waals surface area contributed by atoms with Crippen molar-refractivity contribution >= 4 is 0 Å². The Morgan fingerprint density at radius 2 is 1.73 bits per heavy atom. The van der Waals surface area contributed by atoms with Crippen molar-refractivity contribution in [1.82, 2.24) is 0 Å². The summed E-state index contributed by atoms with van der Waals surface area (Å²) in [4.78, 5) is 0. The average molecular weight is 149 g/mol. The van der Waals surface area contributed by atoms with Gasteiger partial charge in [0.05, 0.1) is 0 Å². The van der Waals surface area contributed by atoms with Gasteiger partial charge in [-0.2, -0.15) is 0 Å². The molecule has 1 nitrogen and oxygen atoms in total. The fourth-order valence-corrected chi connectivity index (χ4v) is 0.942. The van der Waals surface area contributed by atoms with Crippen molar-refractivity contribution in [1.29, 1.82) is 0 Å². The van der Waals surface area contributed by atoms with E-state index in [1.165, 1.54) is 0 Å². The fraction of sp³-hybridized carbons (Fsp3) is 0.300. The molecule has 0 spiro atoms. The summed E-state index contributed by atoms with van der Waals surface area (Å²) in [6.07, 6.45) is 0.464. The van der Waals surface area contributed by atoms with Crippen molar-refractivity contribution in [2.45, 2.75) is 13.8 Å². The summed E-state index contributed by atoms with van der Waals surface area (Å²) in [5, 5.41) is 9.51. The van der Waals surface area contributed by atoms with Crippen molar-refractivity contribution in [3.05, 3.63) is 42.0 Å². The number of rotatable bonds is 2. The first kappa shape index (κ1) is 8.28. The fourth-order valence-electron chi connectivity index (χ4n) is 0.942. The zero-order valence-electron chi connectivity index (χ0n) is 6.91. The molecule has 0 fully saturated rings. The molecular weight excluding hydrogens is 136 g/mol. The largest absolute Gasteiger partial charge is 0.381 e. The van der Waals surface area contributed by atoms with Gasteiger partial charge < -0.3 is 5.11 Å². The number of hydrogen-bond donors (Lipinski definition) is 1. The first-order valence-corrected chi connectivity index (χ1v) is 3.83. The van der Waals surface area contributed by atoms with Gasteiger partial charge in [-0.05, 0) is 11.5 Å². The van der Waals surface area contributed by atoms with E-state index >= 15 is 0 Å². The van der Waals surface area contributed by atoms with Crippen LogP contribution in [0.1, 0.15) is 19.4 Å². The lowest BCUT2D eigenvalue weighted by Gasteiger charge is -2.12. The van der Waals surface area contributed by atoms with Gasteiger partial charge in [0.2, 0.25) is 0 Å². The lowest BCUT2D eigenvalue weighted by molar-refractivity contribution is 0.274. The van der Waals surface area contributed by atoms with Gasteiger partial charge in [0.15, 0.2) is 0 Å². The molecule has 0 aliphatic heterocycles. The van der Waals surface area contributed by atoms with Crippen LogP contribution in [0.25, 0.3) is 0 Å². The highest BCUT2D eigenvalue weighted by atomic mass is 16.3. The van der Waals surface area contributed by atoms with Crippen LogP contribution in [-0.4, -0.2) is 5.11 Å². The van der Waals surface area contributed by atoms with E-state index in [2.05, 4.69) is 0 Å². The Kier molecular flexibility index (Phi) is 2.66. The second kappa shape index (κ2) is 3.54. The van der Waals surface area contributed by atoms with Crippen molar-refractivity contribution in [3.8, 4) is 0 Å². The normalized spacial score (nSPS) is 11.0. The molecule has 0 saturated heterocycles. The van der Waals surface area contributed by atoms with E-state index in [1.807, 2.05) is 44.2 Å². The first-order valence-electron chi connectivity index (χ1n) is 3.83. The highest BCUT2D eigenvalue weighted by molar-refractivity contribution is 5.26. The maximum atomic E-state index is 9.51.